The van der Waals surface area contributed by atoms with Gasteiger partial charge in [-0.1, -0.05) is 0 Å². The second-order valence-electron chi connectivity index (χ2n) is 5.51. The van der Waals surface area contributed by atoms with Crippen molar-refractivity contribution in [1.29, 1.82) is 0 Å². The number of hydrogen-bond acceptors (Lipinski definition) is 4. The number of hydrogen-bond donors (Lipinski definition) is 2. The number of benzene rings is 1. The maximum atomic E-state index is 12.8. The highest BCUT2D eigenvalue weighted by Crippen LogP contribution is 2.15. The predicted molar refractivity (Wildman–Crippen MR) is 90.0 cm³/mol. The van der Waals surface area contributed by atoms with Gasteiger partial charge < -0.3 is 19.8 Å². The number of rotatable bonds is 5. The monoisotopic (exact) mass is 354 g/mol. The van der Waals surface area contributed by atoms with Crippen LogP contribution in [0.15, 0.2) is 40.8 Å². The largest absolute Gasteiger partial charge is 0.486 e. The van der Waals surface area contributed by atoms with E-state index in [9.17, 15) is 9.18 Å². The van der Waals surface area contributed by atoms with Crippen LogP contribution in [0.5, 0.6) is 5.75 Å². The van der Waals surface area contributed by atoms with Gasteiger partial charge in [-0.05, 0) is 62.3 Å². The van der Waals surface area contributed by atoms with Crippen molar-refractivity contribution in [3.63, 3.8) is 0 Å². The molecule has 1 fully saturated rings. The number of carbonyl (C=O) groups excluding carboxylic acids is 1. The standard InChI is InChI=1S/C17H19FN2O3.ClH/c18-12-1-3-14(4-2-12)22-11-15-5-6-16(23-15)17(21)20-13-7-9-19-10-8-13;/h1-6,13,19H,7-11H2,(H,20,21);1H. The summed E-state index contributed by atoms with van der Waals surface area (Å²) < 4.78 is 23.8. The molecule has 5 nitrogen and oxygen atoms in total. The summed E-state index contributed by atoms with van der Waals surface area (Å²) in [5.74, 6) is 0.853. The summed E-state index contributed by atoms with van der Waals surface area (Å²) in [4.78, 5) is 12.1. The quantitative estimate of drug-likeness (QED) is 0.866. The number of piperidine rings is 1. The second-order valence-corrected chi connectivity index (χ2v) is 5.51. The molecule has 0 atom stereocenters. The van der Waals surface area contributed by atoms with Gasteiger partial charge in [0.2, 0.25) is 0 Å². The Morgan fingerprint density at radius 2 is 1.92 bits per heavy atom. The molecule has 2 heterocycles. The second kappa shape index (κ2) is 8.70. The Hall–Kier alpha value is -2.05. The van der Waals surface area contributed by atoms with Gasteiger partial charge in [0.1, 0.15) is 23.9 Å². The van der Waals surface area contributed by atoms with Gasteiger partial charge in [0.15, 0.2) is 5.76 Å². The molecule has 0 unspecified atom stereocenters. The lowest BCUT2D eigenvalue weighted by Crippen LogP contribution is -2.42. The summed E-state index contributed by atoms with van der Waals surface area (Å²) in [7, 11) is 0. The van der Waals surface area contributed by atoms with Crippen molar-refractivity contribution in [3.05, 3.63) is 53.7 Å². The Balaban J connectivity index is 0.00000208. The van der Waals surface area contributed by atoms with Crippen LogP contribution >= 0.6 is 12.4 Å². The Morgan fingerprint density at radius 1 is 1.21 bits per heavy atom. The van der Waals surface area contributed by atoms with Crippen molar-refractivity contribution in [1.82, 2.24) is 10.6 Å². The third-order valence-electron chi connectivity index (χ3n) is 3.75. The van der Waals surface area contributed by atoms with Gasteiger partial charge in [-0.25, -0.2) is 4.39 Å². The van der Waals surface area contributed by atoms with Crippen LogP contribution in [0.2, 0.25) is 0 Å². The first-order chi connectivity index (χ1) is 11.2. The van der Waals surface area contributed by atoms with Crippen LogP contribution in [0.25, 0.3) is 0 Å². The van der Waals surface area contributed by atoms with Crippen LogP contribution in [0, 0.1) is 5.82 Å². The minimum absolute atomic E-state index is 0. The fourth-order valence-corrected chi connectivity index (χ4v) is 2.49. The molecule has 1 aromatic carbocycles. The fraction of sp³-hybridized carbons (Fsp3) is 0.353. The van der Waals surface area contributed by atoms with Gasteiger partial charge >= 0.3 is 0 Å². The minimum atomic E-state index is -0.313. The van der Waals surface area contributed by atoms with E-state index in [1.807, 2.05) is 0 Å². The Bertz CT molecular complexity index is 654. The summed E-state index contributed by atoms with van der Waals surface area (Å²) >= 11 is 0. The molecule has 7 heteroatoms. The lowest BCUT2D eigenvalue weighted by atomic mass is 10.1. The van der Waals surface area contributed by atoms with Crippen molar-refractivity contribution in [2.75, 3.05) is 13.1 Å². The van der Waals surface area contributed by atoms with Crippen LogP contribution in [-0.4, -0.2) is 25.0 Å². The molecule has 1 aliphatic rings. The molecule has 1 amide bonds. The zero-order chi connectivity index (χ0) is 16.1. The van der Waals surface area contributed by atoms with E-state index in [1.165, 1.54) is 12.1 Å². The molecule has 24 heavy (non-hydrogen) atoms. The lowest BCUT2D eigenvalue weighted by molar-refractivity contribution is 0.0897. The average Bonchev–Trinajstić information content (AvgIpc) is 3.04. The van der Waals surface area contributed by atoms with E-state index < -0.39 is 0 Å². The normalized spacial score (nSPS) is 14.7. The topological polar surface area (TPSA) is 63.5 Å². The zero-order valence-electron chi connectivity index (χ0n) is 13.1. The van der Waals surface area contributed by atoms with E-state index in [0.717, 1.165) is 25.9 Å². The van der Waals surface area contributed by atoms with Gasteiger partial charge in [-0.15, -0.1) is 12.4 Å². The minimum Gasteiger partial charge on any atom is -0.486 e. The average molecular weight is 355 g/mol. The summed E-state index contributed by atoms with van der Waals surface area (Å²) in [6.45, 7) is 2.02. The van der Waals surface area contributed by atoms with Crippen molar-refractivity contribution in [2.24, 2.45) is 0 Å². The highest BCUT2D eigenvalue weighted by atomic mass is 35.5. The van der Waals surface area contributed by atoms with E-state index in [-0.39, 0.29) is 42.5 Å². The first-order valence-electron chi connectivity index (χ1n) is 7.69. The summed E-state index contributed by atoms with van der Waals surface area (Å²) in [6, 6.07) is 9.28. The first kappa shape index (κ1) is 18.3. The van der Waals surface area contributed by atoms with Gasteiger partial charge in [-0.2, -0.15) is 0 Å². The third-order valence-corrected chi connectivity index (χ3v) is 3.75. The highest BCUT2D eigenvalue weighted by Gasteiger charge is 2.18. The molecule has 2 N–H and O–H groups in total. The van der Waals surface area contributed by atoms with Gasteiger partial charge in [-0.3, -0.25) is 4.79 Å². The molecule has 3 rings (SSSR count). The number of furan rings is 1. The highest BCUT2D eigenvalue weighted by molar-refractivity contribution is 5.91. The third kappa shape index (κ3) is 4.97. The molecule has 1 aliphatic heterocycles. The van der Waals surface area contributed by atoms with Crippen molar-refractivity contribution < 1.29 is 18.3 Å². The SMILES string of the molecule is Cl.O=C(NC1CCNCC1)c1ccc(COc2ccc(F)cc2)o1. The fourth-order valence-electron chi connectivity index (χ4n) is 2.49. The maximum absolute atomic E-state index is 12.8. The van der Waals surface area contributed by atoms with Crippen LogP contribution in [-0.2, 0) is 6.61 Å². The van der Waals surface area contributed by atoms with E-state index in [4.69, 9.17) is 9.15 Å². The predicted octanol–water partition coefficient (Wildman–Crippen LogP) is 2.90. The van der Waals surface area contributed by atoms with Gasteiger partial charge in [0.25, 0.3) is 5.91 Å². The van der Waals surface area contributed by atoms with E-state index in [2.05, 4.69) is 10.6 Å². The van der Waals surface area contributed by atoms with E-state index in [1.54, 1.807) is 24.3 Å². The molecular formula is C17H20ClFN2O3. The van der Waals surface area contributed by atoms with Crippen LogP contribution in [0.3, 0.4) is 0 Å². The van der Waals surface area contributed by atoms with E-state index >= 15 is 0 Å². The maximum Gasteiger partial charge on any atom is 0.287 e. The Morgan fingerprint density at radius 3 is 2.62 bits per heavy atom. The number of carbonyl (C=O) groups is 1. The van der Waals surface area contributed by atoms with Gasteiger partial charge in [0, 0.05) is 6.04 Å². The molecule has 0 bridgehead atoms. The molecule has 0 saturated carbocycles. The molecular weight excluding hydrogens is 335 g/mol. The van der Waals surface area contributed by atoms with Crippen LogP contribution in [0.4, 0.5) is 4.39 Å². The van der Waals surface area contributed by atoms with Gasteiger partial charge in [0.05, 0.1) is 0 Å². The summed E-state index contributed by atoms with van der Waals surface area (Å²) in [6.07, 6.45) is 1.85. The zero-order valence-corrected chi connectivity index (χ0v) is 13.9. The molecule has 1 saturated heterocycles. The number of ether oxygens (including phenoxy) is 1. The summed E-state index contributed by atoms with van der Waals surface area (Å²) in [5, 5.41) is 6.23. The smallest absolute Gasteiger partial charge is 0.287 e. The van der Waals surface area contributed by atoms with Crippen molar-refractivity contribution in [2.45, 2.75) is 25.5 Å². The molecule has 0 radical (unpaired) electrons. The van der Waals surface area contributed by atoms with E-state index in [0.29, 0.717) is 11.5 Å². The number of amides is 1. The summed E-state index contributed by atoms with van der Waals surface area (Å²) in [5.41, 5.74) is 0. The van der Waals surface area contributed by atoms with Crippen LogP contribution in [0.1, 0.15) is 29.2 Å². The molecule has 2 aromatic rings. The van der Waals surface area contributed by atoms with Crippen LogP contribution < -0.4 is 15.4 Å². The molecule has 130 valence electrons. The number of nitrogens with one attached hydrogen (secondary N) is 2. The molecule has 1 aromatic heterocycles. The van der Waals surface area contributed by atoms with Crippen molar-refractivity contribution in [3.8, 4) is 5.75 Å². The molecule has 0 aliphatic carbocycles. The molecule has 0 spiro atoms. The Labute approximate surface area is 146 Å². The lowest BCUT2D eigenvalue weighted by Gasteiger charge is -2.23. The van der Waals surface area contributed by atoms with Crippen molar-refractivity contribution >= 4 is 18.3 Å². The number of halogens is 2. The first-order valence-corrected chi connectivity index (χ1v) is 7.69. The Kier molecular flexibility index (Phi) is 6.63.